The van der Waals surface area contributed by atoms with Crippen molar-refractivity contribution in [2.45, 2.75) is 24.5 Å². The summed E-state index contributed by atoms with van der Waals surface area (Å²) in [6.45, 7) is 2.24. The fourth-order valence-electron chi connectivity index (χ4n) is 2.91. The Bertz CT molecular complexity index is 605. The summed E-state index contributed by atoms with van der Waals surface area (Å²) < 4.78 is 40.1. The number of hydrogen-bond acceptors (Lipinski definition) is 5. The molecule has 116 valence electrons. The Kier molecular flexibility index (Phi) is 3.75. The van der Waals surface area contributed by atoms with Crippen LogP contribution >= 0.6 is 0 Å². The number of nitrogens with zero attached hydrogens (tertiary/aromatic N) is 3. The summed E-state index contributed by atoms with van der Waals surface area (Å²) in [6.07, 6.45) is 4.49. The first-order valence-electron chi connectivity index (χ1n) is 7.13. The number of halogens is 1. The van der Waals surface area contributed by atoms with Gasteiger partial charge in [-0.3, -0.25) is 4.98 Å². The van der Waals surface area contributed by atoms with E-state index < -0.39 is 15.8 Å². The van der Waals surface area contributed by atoms with Crippen LogP contribution < -0.4 is 10.6 Å². The normalized spacial score (nSPS) is 21.3. The van der Waals surface area contributed by atoms with E-state index in [1.165, 1.54) is 6.20 Å². The van der Waals surface area contributed by atoms with Gasteiger partial charge in [0.15, 0.2) is 5.82 Å². The molecule has 2 N–H and O–H groups in total. The zero-order valence-corrected chi connectivity index (χ0v) is 12.5. The van der Waals surface area contributed by atoms with Crippen LogP contribution in [-0.2, 0) is 10.0 Å². The highest BCUT2D eigenvalue weighted by Gasteiger charge is 2.37. The van der Waals surface area contributed by atoms with E-state index in [9.17, 15) is 12.8 Å². The van der Waals surface area contributed by atoms with Crippen LogP contribution in [0.25, 0.3) is 0 Å². The molecule has 0 bridgehead atoms. The molecule has 21 heavy (non-hydrogen) atoms. The minimum Gasteiger partial charge on any atom is -0.396 e. The number of anilines is 2. The molecule has 2 aliphatic rings. The van der Waals surface area contributed by atoms with Crippen molar-refractivity contribution in [1.29, 1.82) is 0 Å². The van der Waals surface area contributed by atoms with E-state index in [0.717, 1.165) is 12.6 Å². The number of aromatic nitrogens is 1. The van der Waals surface area contributed by atoms with Crippen LogP contribution in [0.4, 0.5) is 15.8 Å². The Morgan fingerprint density at radius 3 is 2.38 bits per heavy atom. The van der Waals surface area contributed by atoms with Gasteiger partial charge in [0.25, 0.3) is 0 Å². The van der Waals surface area contributed by atoms with Crippen LogP contribution in [-0.4, -0.2) is 49.1 Å². The van der Waals surface area contributed by atoms with Gasteiger partial charge in [-0.1, -0.05) is 0 Å². The molecule has 0 aromatic carbocycles. The van der Waals surface area contributed by atoms with E-state index in [-0.39, 0.29) is 5.25 Å². The van der Waals surface area contributed by atoms with Crippen molar-refractivity contribution < 1.29 is 12.8 Å². The largest absolute Gasteiger partial charge is 0.396 e. The lowest BCUT2D eigenvalue weighted by molar-refractivity contribution is 0.301. The average molecular weight is 314 g/mol. The molecule has 0 aliphatic carbocycles. The summed E-state index contributed by atoms with van der Waals surface area (Å²) in [7, 11) is -3.18. The maximum Gasteiger partial charge on any atom is 0.217 e. The molecule has 0 unspecified atom stereocenters. The fourth-order valence-corrected chi connectivity index (χ4v) is 4.90. The van der Waals surface area contributed by atoms with Crippen LogP contribution in [0.3, 0.4) is 0 Å². The topological polar surface area (TPSA) is 79.5 Å². The highest BCUT2D eigenvalue weighted by molar-refractivity contribution is 7.89. The predicted octanol–water partition coefficient (Wildman–Crippen LogP) is 0.807. The lowest BCUT2D eigenvalue weighted by Gasteiger charge is -2.38. The molecule has 0 radical (unpaired) electrons. The van der Waals surface area contributed by atoms with Crippen molar-refractivity contribution in [3.05, 3.63) is 18.2 Å². The molecule has 6 nitrogen and oxygen atoms in total. The van der Waals surface area contributed by atoms with Gasteiger partial charge in [0.05, 0.1) is 29.0 Å². The van der Waals surface area contributed by atoms with Gasteiger partial charge in [-0.15, -0.1) is 0 Å². The van der Waals surface area contributed by atoms with E-state index in [1.54, 1.807) is 4.31 Å². The summed E-state index contributed by atoms with van der Waals surface area (Å²) in [4.78, 5) is 5.52. The van der Waals surface area contributed by atoms with E-state index in [2.05, 4.69) is 4.98 Å². The molecule has 1 aromatic heterocycles. The maximum atomic E-state index is 13.8. The monoisotopic (exact) mass is 314 g/mol. The highest BCUT2D eigenvalue weighted by Crippen LogP contribution is 2.31. The molecule has 0 amide bonds. The molecule has 1 aromatic rings. The van der Waals surface area contributed by atoms with E-state index in [4.69, 9.17) is 5.73 Å². The number of nitrogen functional groups attached to an aromatic ring is 1. The third-order valence-corrected chi connectivity index (χ3v) is 6.65. The van der Waals surface area contributed by atoms with Gasteiger partial charge < -0.3 is 10.6 Å². The lowest BCUT2D eigenvalue weighted by Crippen LogP contribution is -2.50. The van der Waals surface area contributed by atoms with Crippen molar-refractivity contribution >= 4 is 21.4 Å². The molecule has 0 atom stereocenters. The molecule has 0 saturated carbocycles. The third kappa shape index (κ3) is 2.57. The molecule has 8 heteroatoms. The molecule has 2 saturated heterocycles. The van der Waals surface area contributed by atoms with Gasteiger partial charge in [-0.2, -0.15) is 0 Å². The van der Waals surface area contributed by atoms with Crippen molar-refractivity contribution in [3.63, 3.8) is 0 Å². The lowest BCUT2D eigenvalue weighted by atomic mass is 10.1. The molecular weight excluding hydrogens is 295 g/mol. The predicted molar refractivity (Wildman–Crippen MR) is 79.0 cm³/mol. The van der Waals surface area contributed by atoms with Gasteiger partial charge in [0.2, 0.25) is 10.0 Å². The van der Waals surface area contributed by atoms with Gasteiger partial charge >= 0.3 is 0 Å². The standard InChI is InChI=1S/C13H19FN4O2S/c14-11-8-16-9-12(15)13(11)17-6-2-10(3-7-17)21(19,20)18-4-1-5-18/h8-10H,1-7,15H2. The number of rotatable bonds is 3. The second kappa shape index (κ2) is 5.42. The molecule has 2 fully saturated rings. The third-order valence-electron chi connectivity index (χ3n) is 4.26. The maximum absolute atomic E-state index is 13.8. The molecule has 2 aliphatic heterocycles. The van der Waals surface area contributed by atoms with Crippen LogP contribution in [0.15, 0.2) is 12.4 Å². The van der Waals surface area contributed by atoms with Crippen LogP contribution in [0.1, 0.15) is 19.3 Å². The summed E-state index contributed by atoms with van der Waals surface area (Å²) in [5.74, 6) is -0.459. The van der Waals surface area contributed by atoms with Crippen molar-refractivity contribution in [1.82, 2.24) is 9.29 Å². The van der Waals surface area contributed by atoms with Crippen LogP contribution in [0.5, 0.6) is 0 Å². The quantitative estimate of drug-likeness (QED) is 0.893. The summed E-state index contributed by atoms with van der Waals surface area (Å²) in [5, 5.41) is -0.361. The highest BCUT2D eigenvalue weighted by atomic mass is 32.2. The first-order chi connectivity index (χ1) is 10.00. The minimum atomic E-state index is -3.18. The molecule has 3 heterocycles. The second-order valence-corrected chi connectivity index (χ2v) is 7.76. The summed E-state index contributed by atoms with van der Waals surface area (Å²) in [5.41, 5.74) is 6.41. The number of pyridine rings is 1. The number of sulfonamides is 1. The Hall–Kier alpha value is -1.41. The number of nitrogens with two attached hydrogens (primary N) is 1. The Labute approximate surface area is 123 Å². The number of hydrogen-bond donors (Lipinski definition) is 1. The Morgan fingerprint density at radius 1 is 1.19 bits per heavy atom. The summed E-state index contributed by atoms with van der Waals surface area (Å²) >= 11 is 0. The van der Waals surface area contributed by atoms with Gasteiger partial charge in [-0.05, 0) is 19.3 Å². The van der Waals surface area contributed by atoms with Crippen LogP contribution in [0.2, 0.25) is 0 Å². The smallest absolute Gasteiger partial charge is 0.217 e. The van der Waals surface area contributed by atoms with Crippen molar-refractivity contribution in [2.24, 2.45) is 0 Å². The fraction of sp³-hybridized carbons (Fsp3) is 0.615. The second-order valence-electron chi connectivity index (χ2n) is 5.54. The van der Waals surface area contributed by atoms with Gasteiger partial charge in [-0.25, -0.2) is 17.1 Å². The first kappa shape index (κ1) is 14.5. The molecule has 0 spiro atoms. The average Bonchev–Trinajstić information content (AvgIpc) is 2.36. The zero-order chi connectivity index (χ0) is 15.0. The van der Waals surface area contributed by atoms with E-state index in [0.29, 0.717) is 50.4 Å². The van der Waals surface area contributed by atoms with E-state index >= 15 is 0 Å². The van der Waals surface area contributed by atoms with Crippen LogP contribution in [0, 0.1) is 5.82 Å². The van der Waals surface area contributed by atoms with Gasteiger partial charge in [0, 0.05) is 26.2 Å². The Morgan fingerprint density at radius 2 is 1.86 bits per heavy atom. The summed E-state index contributed by atoms with van der Waals surface area (Å²) in [6, 6.07) is 0. The zero-order valence-electron chi connectivity index (χ0n) is 11.7. The SMILES string of the molecule is Nc1cncc(F)c1N1CCC(S(=O)(=O)N2CCC2)CC1. The molecular formula is C13H19FN4O2S. The first-order valence-corrected chi connectivity index (χ1v) is 8.63. The molecule has 3 rings (SSSR count). The van der Waals surface area contributed by atoms with Crippen molar-refractivity contribution in [3.8, 4) is 0 Å². The number of piperidine rings is 1. The minimum absolute atomic E-state index is 0.291. The van der Waals surface area contributed by atoms with E-state index in [1.807, 2.05) is 4.90 Å². The Balaban J connectivity index is 1.71. The van der Waals surface area contributed by atoms with Crippen molar-refractivity contribution in [2.75, 3.05) is 36.8 Å². The van der Waals surface area contributed by atoms with Gasteiger partial charge in [0.1, 0.15) is 0 Å².